The molecule has 27 heavy (non-hydrogen) atoms. The molecule has 0 saturated heterocycles. The van der Waals surface area contributed by atoms with Crippen LogP contribution in [0.2, 0.25) is 5.02 Å². The molecule has 0 aliphatic heterocycles. The average molecular weight is 383 g/mol. The number of benzene rings is 2. The molecule has 0 aliphatic carbocycles. The van der Waals surface area contributed by atoms with Gasteiger partial charge in [0.2, 0.25) is 0 Å². The fourth-order valence-electron chi connectivity index (χ4n) is 3.51. The van der Waals surface area contributed by atoms with E-state index in [-0.39, 0.29) is 30.1 Å². The lowest BCUT2D eigenvalue weighted by atomic mass is 9.99. The Labute approximate surface area is 164 Å². The quantitative estimate of drug-likeness (QED) is 0.637. The Hall–Kier alpha value is -2.59. The van der Waals surface area contributed by atoms with Crippen molar-refractivity contribution in [3.05, 3.63) is 86.8 Å². The molecular weight excluding hydrogens is 360 g/mol. The second-order valence-electron chi connectivity index (χ2n) is 7.01. The van der Waals surface area contributed by atoms with Crippen LogP contribution in [0.1, 0.15) is 36.6 Å². The van der Waals surface area contributed by atoms with Gasteiger partial charge in [0.05, 0.1) is 5.69 Å². The van der Waals surface area contributed by atoms with Crippen molar-refractivity contribution in [1.82, 2.24) is 9.36 Å². The summed E-state index contributed by atoms with van der Waals surface area (Å²) in [5.41, 5.74) is 3.04. The summed E-state index contributed by atoms with van der Waals surface area (Å²) in [4.78, 5) is 25.8. The first-order valence-corrected chi connectivity index (χ1v) is 9.38. The highest BCUT2D eigenvalue weighted by atomic mass is 35.5. The second-order valence-corrected chi connectivity index (χ2v) is 7.45. The molecule has 0 N–H and O–H groups in total. The Kier molecular flexibility index (Phi) is 5.66. The van der Waals surface area contributed by atoms with Gasteiger partial charge < -0.3 is 0 Å². The average Bonchev–Trinajstić information content (AvgIpc) is 2.88. The number of ketones is 1. The molecule has 5 heteroatoms. The molecule has 0 fully saturated rings. The van der Waals surface area contributed by atoms with Crippen molar-refractivity contribution >= 4 is 17.4 Å². The summed E-state index contributed by atoms with van der Waals surface area (Å²) in [5, 5.41) is 0.641. The van der Waals surface area contributed by atoms with Gasteiger partial charge in [-0.2, -0.15) is 0 Å². The van der Waals surface area contributed by atoms with Gasteiger partial charge in [-0.25, -0.2) is 4.68 Å². The number of nitrogens with zero attached hydrogens (tertiary/aromatic N) is 2. The van der Waals surface area contributed by atoms with Gasteiger partial charge in [0.15, 0.2) is 0 Å². The minimum atomic E-state index is -0.128. The molecule has 0 amide bonds. The Morgan fingerprint density at radius 1 is 1.00 bits per heavy atom. The molecule has 0 aliphatic rings. The molecule has 0 radical (unpaired) electrons. The summed E-state index contributed by atoms with van der Waals surface area (Å²) in [6, 6.07) is 16.7. The van der Waals surface area contributed by atoms with Gasteiger partial charge in [0.25, 0.3) is 5.56 Å². The molecule has 0 bridgehead atoms. The molecule has 0 atom stereocenters. The minimum Gasteiger partial charge on any atom is -0.299 e. The van der Waals surface area contributed by atoms with E-state index >= 15 is 0 Å². The van der Waals surface area contributed by atoms with E-state index in [1.807, 2.05) is 68.0 Å². The van der Waals surface area contributed by atoms with Crippen LogP contribution in [0.4, 0.5) is 0 Å². The van der Waals surface area contributed by atoms with Gasteiger partial charge in [0.1, 0.15) is 5.78 Å². The summed E-state index contributed by atoms with van der Waals surface area (Å²) in [7, 11) is 1.87. The standard InChI is InChI=1S/C22H23ClN2O2/c1-15(2)21-20(14-19(26)13-16-9-11-17(23)12-10-16)22(27)25(24(21)3)18-7-5-4-6-8-18/h4-12,15H,13-14H2,1-3H3. The number of Topliss-reactive ketones (excluding diaryl/α,β-unsaturated/α-hetero) is 1. The number of carbonyl (C=O) groups excluding carboxylic acids is 1. The zero-order valence-electron chi connectivity index (χ0n) is 15.8. The predicted octanol–water partition coefficient (Wildman–Crippen LogP) is 4.31. The lowest BCUT2D eigenvalue weighted by molar-refractivity contribution is -0.117. The van der Waals surface area contributed by atoms with E-state index in [9.17, 15) is 9.59 Å². The van der Waals surface area contributed by atoms with Crippen LogP contribution in [-0.4, -0.2) is 15.1 Å². The Balaban J connectivity index is 1.96. The van der Waals surface area contributed by atoms with E-state index in [0.717, 1.165) is 16.9 Å². The molecule has 140 valence electrons. The number of hydrogen-bond acceptors (Lipinski definition) is 2. The number of aromatic nitrogens is 2. The van der Waals surface area contributed by atoms with Gasteiger partial charge in [-0.05, 0) is 35.7 Å². The third-order valence-electron chi connectivity index (χ3n) is 4.64. The minimum absolute atomic E-state index is 0.0159. The molecule has 1 aromatic heterocycles. The van der Waals surface area contributed by atoms with Crippen LogP contribution in [0, 0.1) is 0 Å². The van der Waals surface area contributed by atoms with Crippen LogP contribution in [0.25, 0.3) is 5.69 Å². The van der Waals surface area contributed by atoms with Crippen LogP contribution in [0.15, 0.2) is 59.4 Å². The highest BCUT2D eigenvalue weighted by Gasteiger charge is 2.23. The first kappa shape index (κ1) is 19.2. The molecule has 4 nitrogen and oxygen atoms in total. The molecular formula is C22H23ClN2O2. The lowest BCUT2D eigenvalue weighted by Crippen LogP contribution is -2.22. The fourth-order valence-corrected chi connectivity index (χ4v) is 3.64. The van der Waals surface area contributed by atoms with E-state index in [1.165, 1.54) is 0 Å². The highest BCUT2D eigenvalue weighted by molar-refractivity contribution is 6.30. The summed E-state index contributed by atoms with van der Waals surface area (Å²) in [5.74, 6) is 0.146. The van der Waals surface area contributed by atoms with Crippen molar-refractivity contribution in [3.63, 3.8) is 0 Å². The zero-order valence-corrected chi connectivity index (χ0v) is 16.5. The van der Waals surface area contributed by atoms with Crippen molar-refractivity contribution in [2.45, 2.75) is 32.6 Å². The van der Waals surface area contributed by atoms with Crippen LogP contribution >= 0.6 is 11.6 Å². The smallest absolute Gasteiger partial charge is 0.275 e. The third-order valence-corrected chi connectivity index (χ3v) is 4.90. The van der Waals surface area contributed by atoms with Gasteiger partial charge in [-0.15, -0.1) is 0 Å². The Morgan fingerprint density at radius 2 is 1.63 bits per heavy atom. The number of hydrogen-bond donors (Lipinski definition) is 0. The van der Waals surface area contributed by atoms with Crippen molar-refractivity contribution in [2.24, 2.45) is 7.05 Å². The predicted molar refractivity (Wildman–Crippen MR) is 109 cm³/mol. The van der Waals surface area contributed by atoms with E-state index in [1.54, 1.807) is 16.8 Å². The van der Waals surface area contributed by atoms with Gasteiger partial charge >= 0.3 is 0 Å². The van der Waals surface area contributed by atoms with Gasteiger partial charge in [0, 0.05) is 36.2 Å². The summed E-state index contributed by atoms with van der Waals surface area (Å²) >= 11 is 5.90. The van der Waals surface area contributed by atoms with E-state index < -0.39 is 0 Å². The molecule has 0 unspecified atom stereocenters. The maximum atomic E-state index is 13.1. The first-order chi connectivity index (χ1) is 12.9. The summed E-state index contributed by atoms with van der Waals surface area (Å²) in [6.45, 7) is 4.08. The Bertz CT molecular complexity index is 999. The normalized spacial score (nSPS) is 11.1. The van der Waals surface area contributed by atoms with Crippen LogP contribution in [0.5, 0.6) is 0 Å². The molecule has 3 aromatic rings. The van der Waals surface area contributed by atoms with E-state index in [2.05, 4.69) is 0 Å². The topological polar surface area (TPSA) is 44.0 Å². The molecule has 3 rings (SSSR count). The maximum absolute atomic E-state index is 13.1. The van der Waals surface area contributed by atoms with E-state index in [0.29, 0.717) is 10.6 Å². The zero-order chi connectivity index (χ0) is 19.6. The number of rotatable bonds is 6. The maximum Gasteiger partial charge on any atom is 0.275 e. The van der Waals surface area contributed by atoms with Crippen molar-refractivity contribution in [2.75, 3.05) is 0 Å². The summed E-state index contributed by atoms with van der Waals surface area (Å²) in [6.07, 6.45) is 0.414. The van der Waals surface area contributed by atoms with Gasteiger partial charge in [-0.1, -0.05) is 55.8 Å². The second kappa shape index (κ2) is 7.97. The Morgan fingerprint density at radius 3 is 2.22 bits per heavy atom. The largest absolute Gasteiger partial charge is 0.299 e. The van der Waals surface area contributed by atoms with Crippen molar-refractivity contribution in [3.8, 4) is 5.69 Å². The third kappa shape index (κ3) is 4.06. The molecule has 0 spiro atoms. The molecule has 1 heterocycles. The number of halogens is 1. The van der Waals surface area contributed by atoms with Crippen molar-refractivity contribution in [1.29, 1.82) is 0 Å². The fraction of sp³-hybridized carbons (Fsp3) is 0.273. The van der Waals surface area contributed by atoms with Crippen molar-refractivity contribution < 1.29 is 4.79 Å². The van der Waals surface area contributed by atoms with Crippen LogP contribution in [0.3, 0.4) is 0 Å². The van der Waals surface area contributed by atoms with Crippen LogP contribution in [-0.2, 0) is 24.7 Å². The first-order valence-electron chi connectivity index (χ1n) is 9.00. The number of para-hydroxylation sites is 1. The highest BCUT2D eigenvalue weighted by Crippen LogP contribution is 2.20. The summed E-state index contributed by atoms with van der Waals surface area (Å²) < 4.78 is 3.51. The molecule has 2 aromatic carbocycles. The molecule has 0 saturated carbocycles. The van der Waals surface area contributed by atoms with Crippen LogP contribution < -0.4 is 5.56 Å². The number of carbonyl (C=O) groups is 1. The monoisotopic (exact) mass is 382 g/mol. The van der Waals surface area contributed by atoms with E-state index in [4.69, 9.17) is 11.6 Å². The van der Waals surface area contributed by atoms with Gasteiger partial charge in [-0.3, -0.25) is 14.3 Å². The lowest BCUT2D eigenvalue weighted by Gasteiger charge is -2.12. The SMILES string of the molecule is CC(C)c1c(CC(=O)Cc2ccc(Cl)cc2)c(=O)n(-c2ccccc2)n1C.